The van der Waals surface area contributed by atoms with Crippen LogP contribution in [0.1, 0.15) is 50.1 Å². The van der Waals surface area contributed by atoms with Crippen molar-refractivity contribution in [3.63, 3.8) is 0 Å². The van der Waals surface area contributed by atoms with Gasteiger partial charge in [-0.05, 0) is 55.3 Å². The Labute approximate surface area is 193 Å². The number of carbonyl (C=O) groups is 2. The second-order valence-electron chi connectivity index (χ2n) is 8.01. The quantitative estimate of drug-likeness (QED) is 0.593. The van der Waals surface area contributed by atoms with Gasteiger partial charge in [0, 0.05) is 24.0 Å². The highest BCUT2D eigenvalue weighted by Crippen LogP contribution is 2.34. The molecule has 1 aromatic heterocycles. The Morgan fingerprint density at radius 2 is 2.09 bits per heavy atom. The molecule has 1 N–H and O–H groups in total. The highest BCUT2D eigenvalue weighted by molar-refractivity contribution is 7.10. The van der Waals surface area contributed by atoms with Crippen molar-refractivity contribution in [2.75, 3.05) is 26.2 Å². The van der Waals surface area contributed by atoms with Crippen LogP contribution in [-0.2, 0) is 11.2 Å². The third kappa shape index (κ3) is 5.59. The second kappa shape index (κ2) is 11.3. The van der Waals surface area contributed by atoms with Crippen molar-refractivity contribution in [1.29, 1.82) is 0 Å². The lowest BCUT2D eigenvalue weighted by Gasteiger charge is -2.38. The average Bonchev–Trinajstić information content (AvgIpc) is 3.28. The van der Waals surface area contributed by atoms with E-state index in [0.29, 0.717) is 13.1 Å². The number of fused-ring (bicyclic) bond motifs is 1. The number of hydrogen-bond donors (Lipinski definition) is 1. The molecule has 1 aromatic carbocycles. The molecule has 0 unspecified atom stereocenters. The van der Waals surface area contributed by atoms with E-state index in [4.69, 9.17) is 4.74 Å². The van der Waals surface area contributed by atoms with Gasteiger partial charge in [0.05, 0.1) is 6.04 Å². The molecule has 0 saturated carbocycles. The van der Waals surface area contributed by atoms with Gasteiger partial charge < -0.3 is 19.9 Å². The molecule has 0 radical (unpaired) electrons. The number of benzene rings is 1. The van der Waals surface area contributed by atoms with Gasteiger partial charge in [-0.2, -0.15) is 0 Å². The molecule has 2 aromatic rings. The summed E-state index contributed by atoms with van der Waals surface area (Å²) >= 11 is 1.66. The van der Waals surface area contributed by atoms with Crippen LogP contribution in [0.25, 0.3) is 0 Å². The van der Waals surface area contributed by atoms with Crippen molar-refractivity contribution in [2.24, 2.45) is 0 Å². The average molecular weight is 462 g/mol. The number of amides is 3. The summed E-state index contributed by atoms with van der Waals surface area (Å²) in [5, 5.41) is 4.90. The van der Waals surface area contributed by atoms with Crippen molar-refractivity contribution in [3.05, 3.63) is 52.0 Å². The molecule has 2 heterocycles. The van der Waals surface area contributed by atoms with Crippen molar-refractivity contribution in [1.82, 2.24) is 15.1 Å². The summed E-state index contributed by atoms with van der Waals surface area (Å²) in [5.41, 5.74) is 1.04. The fourth-order valence-electron chi connectivity index (χ4n) is 3.82. The number of halogens is 1. The number of ether oxygens (including phenoxy) is 1. The minimum atomic E-state index is -0.428. The summed E-state index contributed by atoms with van der Waals surface area (Å²) in [5.74, 6) is -0.388. The third-order valence-corrected chi connectivity index (χ3v) is 6.86. The first-order valence-electron chi connectivity index (χ1n) is 11.2. The smallest absolute Gasteiger partial charge is 0.318 e. The van der Waals surface area contributed by atoms with Crippen LogP contribution in [0, 0.1) is 5.82 Å². The molecule has 0 aliphatic carbocycles. The van der Waals surface area contributed by atoms with Gasteiger partial charge >= 0.3 is 6.03 Å². The maximum atomic E-state index is 14.1. The van der Waals surface area contributed by atoms with Crippen LogP contribution in [0.4, 0.5) is 9.18 Å². The predicted molar refractivity (Wildman–Crippen MR) is 125 cm³/mol. The highest BCUT2D eigenvalue weighted by Gasteiger charge is 2.34. The van der Waals surface area contributed by atoms with Crippen molar-refractivity contribution in [2.45, 2.75) is 52.1 Å². The Bertz CT molecular complexity index is 919. The molecule has 2 atom stereocenters. The normalized spacial score (nSPS) is 16.2. The van der Waals surface area contributed by atoms with Gasteiger partial charge in [-0.25, -0.2) is 9.18 Å². The lowest BCUT2D eigenvalue weighted by atomic mass is 10.00. The predicted octanol–water partition coefficient (Wildman–Crippen LogP) is 4.61. The summed E-state index contributed by atoms with van der Waals surface area (Å²) in [4.78, 5) is 30.7. The Kier molecular flexibility index (Phi) is 8.50. The summed E-state index contributed by atoms with van der Waals surface area (Å²) in [6, 6.07) is 7.67. The molecule has 6 nitrogen and oxygen atoms in total. The number of hydrogen-bond acceptors (Lipinski definition) is 4. The minimum absolute atomic E-state index is 0.000221. The largest absolute Gasteiger partial charge is 0.488 e. The lowest BCUT2D eigenvalue weighted by Crippen LogP contribution is -2.52. The van der Waals surface area contributed by atoms with Gasteiger partial charge in [0.1, 0.15) is 13.2 Å². The molecule has 0 saturated heterocycles. The maximum Gasteiger partial charge on any atom is 0.318 e. The molecular weight excluding hydrogens is 429 g/mol. The molecule has 0 fully saturated rings. The zero-order valence-electron chi connectivity index (χ0n) is 19.0. The summed E-state index contributed by atoms with van der Waals surface area (Å²) < 4.78 is 19.9. The molecule has 0 spiro atoms. The van der Waals surface area contributed by atoms with Crippen LogP contribution in [-0.4, -0.2) is 54.0 Å². The summed E-state index contributed by atoms with van der Waals surface area (Å²) in [6.45, 7) is 7.21. The van der Waals surface area contributed by atoms with E-state index in [1.54, 1.807) is 39.3 Å². The van der Waals surface area contributed by atoms with E-state index in [-0.39, 0.29) is 42.9 Å². The molecule has 8 heteroatoms. The minimum Gasteiger partial charge on any atom is -0.488 e. The van der Waals surface area contributed by atoms with E-state index in [0.717, 1.165) is 24.8 Å². The van der Waals surface area contributed by atoms with Crippen molar-refractivity contribution in [3.8, 4) is 5.75 Å². The first-order chi connectivity index (χ1) is 15.5. The van der Waals surface area contributed by atoms with E-state index in [2.05, 4.69) is 5.32 Å². The monoisotopic (exact) mass is 461 g/mol. The number of nitrogens with one attached hydrogen (secondary N) is 1. The second-order valence-corrected chi connectivity index (χ2v) is 9.01. The van der Waals surface area contributed by atoms with Crippen LogP contribution >= 0.6 is 11.3 Å². The van der Waals surface area contributed by atoms with Crippen LogP contribution in [0.3, 0.4) is 0 Å². The zero-order chi connectivity index (χ0) is 23.1. The highest BCUT2D eigenvalue weighted by atomic mass is 32.1. The molecule has 32 heavy (non-hydrogen) atoms. The van der Waals surface area contributed by atoms with E-state index >= 15 is 0 Å². The standard InChI is InChI=1S/C24H32FN3O3S/c1-4-12-26-24(30)28(17(3)5-2)15-23(29)27-13-10-22-18(11-14-32-22)20(27)16-31-21-9-7-6-8-19(21)25/h6-9,11,14,17,20H,4-5,10,12-13,15-16H2,1-3H3,(H,26,30)/t17-,20+/m0/s1. The van der Waals surface area contributed by atoms with E-state index in [1.165, 1.54) is 10.9 Å². The third-order valence-electron chi connectivity index (χ3n) is 5.86. The van der Waals surface area contributed by atoms with Gasteiger partial charge in [-0.15, -0.1) is 11.3 Å². The van der Waals surface area contributed by atoms with E-state index in [9.17, 15) is 14.0 Å². The number of para-hydroxylation sites is 1. The topological polar surface area (TPSA) is 61.9 Å². The summed E-state index contributed by atoms with van der Waals surface area (Å²) in [6.07, 6.45) is 2.35. The molecular formula is C24H32FN3O3S. The van der Waals surface area contributed by atoms with Gasteiger partial charge in [-0.3, -0.25) is 4.79 Å². The molecule has 1 aliphatic rings. The molecule has 3 rings (SSSR count). The number of thiophene rings is 1. The summed E-state index contributed by atoms with van der Waals surface area (Å²) in [7, 11) is 0. The Morgan fingerprint density at radius 1 is 1.31 bits per heavy atom. The van der Waals surface area contributed by atoms with Crippen LogP contribution in [0.2, 0.25) is 0 Å². The molecule has 1 aliphatic heterocycles. The zero-order valence-corrected chi connectivity index (χ0v) is 19.8. The van der Waals surface area contributed by atoms with Gasteiger partial charge in [0.15, 0.2) is 11.6 Å². The lowest BCUT2D eigenvalue weighted by molar-refractivity contribution is -0.136. The van der Waals surface area contributed by atoms with Crippen LogP contribution in [0.5, 0.6) is 5.75 Å². The van der Waals surface area contributed by atoms with E-state index < -0.39 is 5.82 Å². The van der Waals surface area contributed by atoms with Gasteiger partial charge in [0.25, 0.3) is 0 Å². The van der Waals surface area contributed by atoms with E-state index in [1.807, 2.05) is 32.2 Å². The van der Waals surface area contributed by atoms with Gasteiger partial charge in [-0.1, -0.05) is 26.0 Å². The number of carbonyl (C=O) groups excluding carboxylic acids is 2. The first-order valence-corrected chi connectivity index (χ1v) is 12.1. The fraction of sp³-hybridized carbons (Fsp3) is 0.500. The van der Waals surface area contributed by atoms with Gasteiger partial charge in [0.2, 0.25) is 5.91 Å². The first kappa shape index (κ1) is 24.0. The maximum absolute atomic E-state index is 14.1. The molecule has 0 bridgehead atoms. The van der Waals surface area contributed by atoms with Crippen LogP contribution < -0.4 is 10.1 Å². The van der Waals surface area contributed by atoms with Crippen molar-refractivity contribution >= 4 is 23.3 Å². The van der Waals surface area contributed by atoms with Crippen LogP contribution in [0.15, 0.2) is 35.7 Å². The Balaban J connectivity index is 1.77. The molecule has 174 valence electrons. The Hall–Kier alpha value is -2.61. The van der Waals surface area contributed by atoms with Crippen molar-refractivity contribution < 1.29 is 18.7 Å². The fourth-order valence-corrected chi connectivity index (χ4v) is 4.75. The SMILES string of the molecule is CCCNC(=O)N(CC(=O)N1CCc2sccc2[C@H]1COc1ccccc1F)[C@@H](C)CC. The number of urea groups is 1. The number of nitrogens with zero attached hydrogens (tertiary/aromatic N) is 2. The molecule has 3 amide bonds. The Morgan fingerprint density at radius 3 is 2.81 bits per heavy atom. The number of rotatable bonds is 9.